The number of nitrogens with one attached hydrogen (secondary N) is 1. The Morgan fingerprint density at radius 1 is 1.53 bits per heavy atom. The zero-order chi connectivity index (χ0) is 11.7. The first-order chi connectivity index (χ1) is 6.72. The van der Waals surface area contributed by atoms with Crippen LogP contribution in [-0.2, 0) is 9.16 Å². The summed E-state index contributed by atoms with van der Waals surface area (Å²) in [5.74, 6) is 0. The number of carbonyl (C=O) groups excluding carboxylic acids is 1. The Labute approximate surface area is 92.5 Å². The number of cyclic esters (lactones) is 1. The molecule has 0 aliphatic carbocycles. The minimum absolute atomic E-state index is 0.0200. The van der Waals surface area contributed by atoms with Crippen LogP contribution in [0.5, 0.6) is 0 Å². The number of hydrogen-bond donors (Lipinski definition) is 1. The highest BCUT2D eigenvalue weighted by molar-refractivity contribution is 6.74. The first-order valence-corrected chi connectivity index (χ1v) is 8.20. The average Bonchev–Trinajstić information content (AvgIpc) is 2.46. The predicted octanol–water partition coefficient (Wildman–Crippen LogP) is 2.12. The van der Waals surface area contributed by atoms with Gasteiger partial charge in [0, 0.05) is 0 Å². The maximum absolute atomic E-state index is 10.8. The summed E-state index contributed by atoms with van der Waals surface area (Å²) >= 11 is 0. The third kappa shape index (κ3) is 3.20. The Morgan fingerprint density at radius 3 is 2.53 bits per heavy atom. The van der Waals surface area contributed by atoms with Gasteiger partial charge in [0.25, 0.3) is 0 Å². The Morgan fingerprint density at radius 2 is 2.13 bits per heavy atom. The number of ether oxygens (including phenoxy) is 1. The van der Waals surface area contributed by atoms with E-state index in [-0.39, 0.29) is 17.2 Å². The third-order valence-electron chi connectivity index (χ3n) is 3.19. The second kappa shape index (κ2) is 4.13. The Bertz CT molecular complexity index is 248. The third-order valence-corrected chi connectivity index (χ3v) is 7.69. The number of alkyl carbamates (subject to hydrolysis) is 1. The number of amides is 1. The van der Waals surface area contributed by atoms with Crippen LogP contribution in [0.4, 0.5) is 4.79 Å². The lowest BCUT2D eigenvalue weighted by molar-refractivity contribution is 0.173. The van der Waals surface area contributed by atoms with Crippen LogP contribution in [0.25, 0.3) is 0 Å². The monoisotopic (exact) mass is 231 g/mol. The van der Waals surface area contributed by atoms with E-state index in [1.165, 1.54) is 0 Å². The summed E-state index contributed by atoms with van der Waals surface area (Å²) in [5.41, 5.74) is 0. The molecule has 1 fully saturated rings. The zero-order valence-corrected chi connectivity index (χ0v) is 11.2. The van der Waals surface area contributed by atoms with Crippen molar-refractivity contribution in [1.29, 1.82) is 0 Å². The maximum atomic E-state index is 10.8. The van der Waals surface area contributed by atoms with E-state index in [2.05, 4.69) is 39.2 Å². The van der Waals surface area contributed by atoms with Crippen LogP contribution < -0.4 is 5.32 Å². The summed E-state index contributed by atoms with van der Waals surface area (Å²) in [6.07, 6.45) is -0.334. The molecule has 0 spiro atoms. The molecule has 1 aliphatic heterocycles. The van der Waals surface area contributed by atoms with Crippen LogP contribution in [0.15, 0.2) is 0 Å². The molecule has 1 saturated heterocycles. The molecule has 1 heterocycles. The van der Waals surface area contributed by atoms with E-state index in [0.717, 1.165) is 0 Å². The molecule has 15 heavy (non-hydrogen) atoms. The van der Waals surface area contributed by atoms with E-state index in [1.54, 1.807) is 0 Å². The molecule has 88 valence electrons. The van der Waals surface area contributed by atoms with Crippen molar-refractivity contribution in [2.45, 2.75) is 44.9 Å². The highest BCUT2D eigenvalue weighted by atomic mass is 28.4. The van der Waals surface area contributed by atoms with E-state index in [4.69, 9.17) is 9.16 Å². The standard InChI is InChI=1S/C10H21NO3Si/c1-10(2,3)15(4,5)14-7-8-6-13-9(12)11-8/h8H,6-7H2,1-5H3,(H,11,12). The SMILES string of the molecule is CC(C)(C)[Si](C)(C)OCC1COC(=O)N1. The maximum Gasteiger partial charge on any atom is 0.407 e. The zero-order valence-electron chi connectivity index (χ0n) is 10.2. The van der Waals surface area contributed by atoms with Crippen molar-refractivity contribution < 1.29 is 14.0 Å². The van der Waals surface area contributed by atoms with Gasteiger partial charge in [0.2, 0.25) is 0 Å². The second-order valence-corrected chi connectivity index (χ2v) is 10.3. The van der Waals surface area contributed by atoms with Gasteiger partial charge in [0.05, 0.1) is 12.6 Å². The van der Waals surface area contributed by atoms with Gasteiger partial charge in [0.15, 0.2) is 8.32 Å². The molecule has 0 aromatic heterocycles. The molecule has 0 aromatic carbocycles. The quantitative estimate of drug-likeness (QED) is 0.757. The van der Waals surface area contributed by atoms with Crippen molar-refractivity contribution >= 4 is 14.4 Å². The fourth-order valence-corrected chi connectivity index (χ4v) is 2.09. The van der Waals surface area contributed by atoms with Crippen molar-refractivity contribution in [3.8, 4) is 0 Å². The summed E-state index contributed by atoms with van der Waals surface area (Å²) in [6.45, 7) is 12.0. The molecule has 5 heteroatoms. The second-order valence-electron chi connectivity index (χ2n) is 5.51. The number of hydrogen-bond acceptors (Lipinski definition) is 3. The van der Waals surface area contributed by atoms with Gasteiger partial charge in [-0.3, -0.25) is 0 Å². The fourth-order valence-electron chi connectivity index (χ4n) is 1.04. The molecule has 0 radical (unpaired) electrons. The van der Waals surface area contributed by atoms with Crippen LogP contribution in [0.1, 0.15) is 20.8 Å². The summed E-state index contributed by atoms with van der Waals surface area (Å²) in [6, 6.07) is 0.0200. The van der Waals surface area contributed by atoms with Gasteiger partial charge in [-0.1, -0.05) is 20.8 Å². The summed E-state index contributed by atoms with van der Waals surface area (Å²) in [4.78, 5) is 10.8. The Balaban J connectivity index is 2.40. The van der Waals surface area contributed by atoms with Gasteiger partial charge < -0.3 is 14.5 Å². The summed E-state index contributed by atoms with van der Waals surface area (Å²) in [5, 5.41) is 2.92. The van der Waals surface area contributed by atoms with Crippen LogP contribution >= 0.6 is 0 Å². The molecule has 1 aliphatic rings. The molecule has 1 rings (SSSR count). The number of rotatable bonds is 3. The average molecular weight is 231 g/mol. The van der Waals surface area contributed by atoms with Crippen LogP contribution in [0.3, 0.4) is 0 Å². The molecule has 1 atom stereocenters. The molecule has 1 unspecified atom stereocenters. The Hall–Kier alpha value is -0.553. The topological polar surface area (TPSA) is 47.6 Å². The van der Waals surface area contributed by atoms with E-state index in [9.17, 15) is 4.79 Å². The van der Waals surface area contributed by atoms with E-state index < -0.39 is 8.32 Å². The largest absolute Gasteiger partial charge is 0.447 e. The van der Waals surface area contributed by atoms with Crippen molar-refractivity contribution in [3.63, 3.8) is 0 Å². The van der Waals surface area contributed by atoms with Gasteiger partial charge >= 0.3 is 6.09 Å². The van der Waals surface area contributed by atoms with E-state index in [0.29, 0.717) is 13.2 Å². The lowest BCUT2D eigenvalue weighted by Gasteiger charge is -2.36. The summed E-state index contributed by atoms with van der Waals surface area (Å²) < 4.78 is 10.8. The van der Waals surface area contributed by atoms with Crippen molar-refractivity contribution in [3.05, 3.63) is 0 Å². The van der Waals surface area contributed by atoms with E-state index >= 15 is 0 Å². The minimum atomic E-state index is -1.70. The number of carbonyl (C=O) groups is 1. The predicted molar refractivity (Wildman–Crippen MR) is 61.4 cm³/mol. The van der Waals surface area contributed by atoms with Gasteiger partial charge in [-0.05, 0) is 18.1 Å². The van der Waals surface area contributed by atoms with E-state index in [1.807, 2.05) is 0 Å². The van der Waals surface area contributed by atoms with Gasteiger partial charge in [0.1, 0.15) is 6.61 Å². The normalized spacial score (nSPS) is 22.5. The molecule has 0 bridgehead atoms. The molecule has 4 nitrogen and oxygen atoms in total. The highest BCUT2D eigenvalue weighted by Gasteiger charge is 2.38. The lowest BCUT2D eigenvalue weighted by Crippen LogP contribution is -2.44. The van der Waals surface area contributed by atoms with Gasteiger partial charge in [-0.25, -0.2) is 4.79 Å². The molecular formula is C10H21NO3Si. The van der Waals surface area contributed by atoms with Crippen molar-refractivity contribution in [2.24, 2.45) is 0 Å². The van der Waals surface area contributed by atoms with Crippen molar-refractivity contribution in [2.75, 3.05) is 13.2 Å². The highest BCUT2D eigenvalue weighted by Crippen LogP contribution is 2.36. The van der Waals surface area contributed by atoms with Crippen LogP contribution in [-0.4, -0.2) is 33.7 Å². The first-order valence-electron chi connectivity index (χ1n) is 5.29. The molecular weight excluding hydrogens is 210 g/mol. The molecule has 1 amide bonds. The Kier molecular flexibility index (Phi) is 3.45. The molecule has 0 saturated carbocycles. The van der Waals surface area contributed by atoms with Gasteiger partial charge in [-0.15, -0.1) is 0 Å². The fraction of sp³-hybridized carbons (Fsp3) is 0.900. The summed E-state index contributed by atoms with van der Waals surface area (Å²) in [7, 11) is -1.70. The van der Waals surface area contributed by atoms with Crippen molar-refractivity contribution in [1.82, 2.24) is 5.32 Å². The molecule has 1 N–H and O–H groups in total. The van der Waals surface area contributed by atoms with Crippen LogP contribution in [0.2, 0.25) is 18.1 Å². The van der Waals surface area contributed by atoms with Crippen LogP contribution in [0, 0.1) is 0 Å². The lowest BCUT2D eigenvalue weighted by atomic mass is 10.2. The first kappa shape index (κ1) is 12.5. The van der Waals surface area contributed by atoms with Gasteiger partial charge in [-0.2, -0.15) is 0 Å². The molecule has 0 aromatic rings. The minimum Gasteiger partial charge on any atom is -0.447 e. The smallest absolute Gasteiger partial charge is 0.407 e.